The smallest absolute Gasteiger partial charge is 0.337 e. The number of hydrogen-bond acceptors (Lipinski definition) is 5. The van der Waals surface area contributed by atoms with Crippen LogP contribution in [0.3, 0.4) is 0 Å². The Hall–Kier alpha value is -2.65. The van der Waals surface area contributed by atoms with Gasteiger partial charge in [0.1, 0.15) is 11.9 Å². The molecule has 1 amide bonds. The fraction of sp³-hybridized carbons (Fsp3) is 0.263. The second-order valence-electron chi connectivity index (χ2n) is 6.13. The third kappa shape index (κ3) is 5.45. The molecule has 29 heavy (non-hydrogen) atoms. The van der Waals surface area contributed by atoms with Crippen LogP contribution >= 0.6 is 11.6 Å². The fourth-order valence-corrected chi connectivity index (χ4v) is 4.11. The maximum absolute atomic E-state index is 13.3. The van der Waals surface area contributed by atoms with Gasteiger partial charge in [-0.15, -0.1) is 0 Å². The Labute approximate surface area is 173 Å². The number of anilines is 2. The second-order valence-corrected chi connectivity index (χ2v) is 8.40. The molecule has 2 aromatic rings. The summed E-state index contributed by atoms with van der Waals surface area (Å²) in [6.45, 7) is 1.64. The number of nitrogens with zero attached hydrogens (tertiary/aromatic N) is 1. The summed E-state index contributed by atoms with van der Waals surface area (Å²) in [5.74, 6) is -1.81. The Morgan fingerprint density at radius 2 is 1.83 bits per heavy atom. The molecule has 0 aliphatic carbocycles. The van der Waals surface area contributed by atoms with E-state index in [1.165, 1.54) is 37.4 Å². The molecule has 0 heterocycles. The summed E-state index contributed by atoms with van der Waals surface area (Å²) in [6, 6.07) is 7.81. The summed E-state index contributed by atoms with van der Waals surface area (Å²) in [6.07, 6.45) is 1.09. The highest BCUT2D eigenvalue weighted by Gasteiger charge is 2.32. The van der Waals surface area contributed by atoms with E-state index in [-0.39, 0.29) is 28.4 Å². The first kappa shape index (κ1) is 22.6. The van der Waals surface area contributed by atoms with E-state index in [1.807, 2.05) is 0 Å². The summed E-state index contributed by atoms with van der Waals surface area (Å²) in [5, 5.41) is 2.72. The predicted octanol–water partition coefficient (Wildman–Crippen LogP) is 3.45. The van der Waals surface area contributed by atoms with Crippen LogP contribution in [0.2, 0.25) is 5.02 Å². The van der Waals surface area contributed by atoms with Gasteiger partial charge in [-0.3, -0.25) is 9.10 Å². The third-order valence-electron chi connectivity index (χ3n) is 4.06. The molecule has 1 atom stereocenters. The highest BCUT2D eigenvalue weighted by molar-refractivity contribution is 7.92. The molecule has 1 unspecified atom stereocenters. The van der Waals surface area contributed by atoms with Gasteiger partial charge in [-0.1, -0.05) is 18.5 Å². The van der Waals surface area contributed by atoms with Gasteiger partial charge in [0.15, 0.2) is 0 Å². The van der Waals surface area contributed by atoms with E-state index in [1.54, 1.807) is 6.92 Å². The standard InChI is InChI=1S/C19H20ClFN2O5S/c1-4-17(23(29(3,26)27)14-8-6-13(21)7-9-14)18(24)22-16-11-12(19(25)28-2)5-10-15(16)20/h5-11,17H,4H2,1-3H3,(H,22,24). The van der Waals surface area contributed by atoms with Crippen molar-refractivity contribution in [3.8, 4) is 0 Å². The average Bonchev–Trinajstić information content (AvgIpc) is 2.67. The van der Waals surface area contributed by atoms with Crippen molar-refractivity contribution < 1.29 is 27.1 Å². The maximum Gasteiger partial charge on any atom is 0.337 e. The van der Waals surface area contributed by atoms with Crippen molar-refractivity contribution in [2.75, 3.05) is 23.0 Å². The molecule has 2 aromatic carbocycles. The van der Waals surface area contributed by atoms with Crippen LogP contribution in [-0.4, -0.2) is 39.7 Å². The number of ether oxygens (including phenoxy) is 1. The fourth-order valence-electron chi connectivity index (χ4n) is 2.73. The van der Waals surface area contributed by atoms with E-state index in [9.17, 15) is 22.4 Å². The minimum absolute atomic E-state index is 0.130. The zero-order chi connectivity index (χ0) is 21.8. The first-order valence-electron chi connectivity index (χ1n) is 8.52. The third-order valence-corrected chi connectivity index (χ3v) is 5.57. The van der Waals surface area contributed by atoms with E-state index in [4.69, 9.17) is 11.6 Å². The van der Waals surface area contributed by atoms with Crippen molar-refractivity contribution in [3.05, 3.63) is 58.9 Å². The maximum atomic E-state index is 13.3. The normalized spacial score (nSPS) is 12.2. The zero-order valence-corrected chi connectivity index (χ0v) is 17.6. The van der Waals surface area contributed by atoms with Crippen LogP contribution in [0.5, 0.6) is 0 Å². The predicted molar refractivity (Wildman–Crippen MR) is 109 cm³/mol. The van der Waals surface area contributed by atoms with Crippen molar-refractivity contribution in [2.24, 2.45) is 0 Å². The number of halogens is 2. The molecule has 2 rings (SSSR count). The first-order chi connectivity index (χ1) is 13.6. The number of rotatable bonds is 7. The van der Waals surface area contributed by atoms with Gasteiger partial charge in [0.05, 0.1) is 35.3 Å². The highest BCUT2D eigenvalue weighted by atomic mass is 35.5. The molecule has 10 heteroatoms. The van der Waals surface area contributed by atoms with E-state index in [2.05, 4.69) is 10.1 Å². The van der Waals surface area contributed by atoms with E-state index in [0.717, 1.165) is 22.7 Å². The Kier molecular flexibility index (Phi) is 7.21. The number of carbonyl (C=O) groups excluding carboxylic acids is 2. The van der Waals surface area contributed by atoms with Gasteiger partial charge in [0.2, 0.25) is 15.9 Å². The molecule has 0 aliphatic rings. The van der Waals surface area contributed by atoms with E-state index < -0.39 is 33.8 Å². The minimum atomic E-state index is -3.87. The van der Waals surface area contributed by atoms with E-state index >= 15 is 0 Å². The van der Waals surface area contributed by atoms with Crippen molar-refractivity contribution in [1.29, 1.82) is 0 Å². The second kappa shape index (κ2) is 9.23. The van der Waals surface area contributed by atoms with Crippen LogP contribution < -0.4 is 9.62 Å². The van der Waals surface area contributed by atoms with Crippen LogP contribution in [0.1, 0.15) is 23.7 Å². The lowest BCUT2D eigenvalue weighted by Crippen LogP contribution is -2.47. The molecular weight excluding hydrogens is 423 g/mol. The van der Waals surface area contributed by atoms with Crippen LogP contribution in [-0.2, 0) is 19.6 Å². The lowest BCUT2D eigenvalue weighted by atomic mass is 10.1. The van der Waals surface area contributed by atoms with Crippen molar-refractivity contribution >= 4 is 44.9 Å². The molecule has 0 aromatic heterocycles. The number of nitrogens with one attached hydrogen (secondary N) is 1. The molecule has 0 aliphatic heterocycles. The first-order valence-corrected chi connectivity index (χ1v) is 10.7. The van der Waals surface area contributed by atoms with Gasteiger partial charge in [-0.25, -0.2) is 17.6 Å². The molecule has 0 saturated carbocycles. The van der Waals surface area contributed by atoms with Crippen LogP contribution in [0.25, 0.3) is 0 Å². The topological polar surface area (TPSA) is 92.8 Å². The van der Waals surface area contributed by atoms with Crippen molar-refractivity contribution in [3.63, 3.8) is 0 Å². The Morgan fingerprint density at radius 1 is 1.21 bits per heavy atom. The minimum Gasteiger partial charge on any atom is -0.465 e. The lowest BCUT2D eigenvalue weighted by Gasteiger charge is -2.30. The number of methoxy groups -OCH3 is 1. The number of sulfonamides is 1. The summed E-state index contributed by atoms with van der Waals surface area (Å²) in [7, 11) is -2.65. The van der Waals surface area contributed by atoms with Gasteiger partial charge in [0, 0.05) is 0 Å². The highest BCUT2D eigenvalue weighted by Crippen LogP contribution is 2.27. The van der Waals surface area contributed by atoms with Crippen molar-refractivity contribution in [2.45, 2.75) is 19.4 Å². The summed E-state index contributed by atoms with van der Waals surface area (Å²) >= 11 is 6.10. The van der Waals surface area contributed by atoms with E-state index in [0.29, 0.717) is 0 Å². The Balaban J connectivity index is 2.40. The van der Waals surface area contributed by atoms with Gasteiger partial charge in [-0.05, 0) is 48.9 Å². The Morgan fingerprint density at radius 3 is 2.34 bits per heavy atom. The monoisotopic (exact) mass is 442 g/mol. The molecule has 156 valence electrons. The zero-order valence-electron chi connectivity index (χ0n) is 16.0. The summed E-state index contributed by atoms with van der Waals surface area (Å²) in [4.78, 5) is 24.6. The van der Waals surface area contributed by atoms with Crippen LogP contribution in [0.4, 0.5) is 15.8 Å². The number of amides is 1. The molecule has 7 nitrogen and oxygen atoms in total. The number of benzene rings is 2. The quantitative estimate of drug-likeness (QED) is 0.663. The van der Waals surface area contributed by atoms with Gasteiger partial charge >= 0.3 is 5.97 Å². The number of hydrogen-bond donors (Lipinski definition) is 1. The molecule has 1 N–H and O–H groups in total. The summed E-state index contributed by atoms with van der Waals surface area (Å²) in [5.41, 5.74) is 0.439. The van der Waals surface area contributed by atoms with Gasteiger partial charge < -0.3 is 10.1 Å². The molecule has 0 spiro atoms. The molecule has 0 fully saturated rings. The van der Waals surface area contributed by atoms with Crippen molar-refractivity contribution in [1.82, 2.24) is 0 Å². The van der Waals surface area contributed by atoms with Crippen LogP contribution in [0, 0.1) is 5.82 Å². The molecular formula is C19H20ClFN2O5S. The van der Waals surface area contributed by atoms with Gasteiger partial charge in [0.25, 0.3) is 0 Å². The number of esters is 1. The molecule has 0 saturated heterocycles. The summed E-state index contributed by atoms with van der Waals surface area (Å²) < 4.78 is 43.6. The molecule has 0 bridgehead atoms. The Bertz CT molecular complexity index is 1010. The lowest BCUT2D eigenvalue weighted by molar-refractivity contribution is -0.117. The molecule has 0 radical (unpaired) electrons. The average molecular weight is 443 g/mol. The largest absolute Gasteiger partial charge is 0.465 e. The SMILES string of the molecule is CCC(C(=O)Nc1cc(C(=O)OC)ccc1Cl)N(c1ccc(F)cc1)S(C)(=O)=O. The van der Waals surface area contributed by atoms with Crippen LogP contribution in [0.15, 0.2) is 42.5 Å². The number of carbonyl (C=O) groups is 2. The van der Waals surface area contributed by atoms with Gasteiger partial charge in [-0.2, -0.15) is 0 Å².